The third-order valence-corrected chi connectivity index (χ3v) is 5.13. The SMILES string of the molecule is CC1C2CC(C)(C1C=O)C2(C)C. The molecule has 0 N–H and O–H groups in total. The highest BCUT2D eigenvalue weighted by Gasteiger charge is 2.69. The van der Waals surface area contributed by atoms with E-state index in [2.05, 4.69) is 27.7 Å². The number of carbonyl (C=O) groups is 1. The van der Waals surface area contributed by atoms with Gasteiger partial charge in [0.15, 0.2) is 0 Å². The molecule has 0 spiro atoms. The number of hydrogen-bond donors (Lipinski definition) is 0. The van der Waals surface area contributed by atoms with E-state index in [1.54, 1.807) is 0 Å². The first kappa shape index (κ1) is 8.28. The molecule has 68 valence electrons. The van der Waals surface area contributed by atoms with Crippen molar-refractivity contribution in [3.8, 4) is 0 Å². The molecule has 0 aromatic carbocycles. The van der Waals surface area contributed by atoms with Gasteiger partial charge in [-0.15, -0.1) is 0 Å². The Balaban J connectivity index is 2.39. The molecule has 4 unspecified atom stereocenters. The second-order valence-corrected chi connectivity index (χ2v) is 5.47. The molecular weight excluding hydrogens is 148 g/mol. The monoisotopic (exact) mass is 166 g/mol. The molecule has 0 amide bonds. The minimum Gasteiger partial charge on any atom is -0.303 e. The maximum absolute atomic E-state index is 10.9. The van der Waals surface area contributed by atoms with E-state index in [0.717, 1.165) is 5.92 Å². The van der Waals surface area contributed by atoms with Gasteiger partial charge in [0.1, 0.15) is 6.29 Å². The topological polar surface area (TPSA) is 17.1 Å². The Morgan fingerprint density at radius 2 is 1.92 bits per heavy atom. The van der Waals surface area contributed by atoms with Crippen LogP contribution in [0.15, 0.2) is 0 Å². The zero-order chi connectivity index (χ0) is 9.15. The predicted octanol–water partition coefficient (Wildman–Crippen LogP) is 2.50. The first-order valence-corrected chi connectivity index (χ1v) is 4.90. The lowest BCUT2D eigenvalue weighted by atomic mass is 9.50. The average Bonchev–Trinajstić information content (AvgIpc) is 2.33. The minimum absolute atomic E-state index is 0.304. The maximum atomic E-state index is 10.9. The molecule has 3 rings (SSSR count). The van der Waals surface area contributed by atoms with Gasteiger partial charge >= 0.3 is 0 Å². The molecule has 1 nitrogen and oxygen atoms in total. The molecule has 3 saturated carbocycles. The highest BCUT2D eigenvalue weighted by Crippen LogP contribution is 2.74. The second kappa shape index (κ2) is 1.94. The molecule has 3 fully saturated rings. The molecule has 1 heteroatoms. The van der Waals surface area contributed by atoms with Crippen LogP contribution in [0.3, 0.4) is 0 Å². The minimum atomic E-state index is 0.304. The summed E-state index contributed by atoms with van der Waals surface area (Å²) in [6, 6.07) is 0. The Kier molecular flexibility index (Phi) is 1.34. The molecule has 2 bridgehead atoms. The summed E-state index contributed by atoms with van der Waals surface area (Å²) in [6.45, 7) is 9.16. The summed E-state index contributed by atoms with van der Waals surface area (Å²) in [5.41, 5.74) is 0.705. The summed E-state index contributed by atoms with van der Waals surface area (Å²) < 4.78 is 0. The van der Waals surface area contributed by atoms with Gasteiger partial charge in [0.2, 0.25) is 0 Å². The van der Waals surface area contributed by atoms with Crippen molar-refractivity contribution < 1.29 is 4.79 Å². The van der Waals surface area contributed by atoms with Crippen LogP contribution in [0.5, 0.6) is 0 Å². The van der Waals surface area contributed by atoms with Crippen molar-refractivity contribution in [2.75, 3.05) is 0 Å². The highest BCUT2D eigenvalue weighted by molar-refractivity contribution is 5.59. The molecule has 0 radical (unpaired) electrons. The van der Waals surface area contributed by atoms with Crippen LogP contribution in [0.2, 0.25) is 0 Å². The number of fused-ring (bicyclic) bond motifs is 1. The zero-order valence-corrected chi connectivity index (χ0v) is 8.42. The molecule has 12 heavy (non-hydrogen) atoms. The highest BCUT2D eigenvalue weighted by atomic mass is 16.1. The van der Waals surface area contributed by atoms with Gasteiger partial charge in [-0.2, -0.15) is 0 Å². The Morgan fingerprint density at radius 3 is 2.08 bits per heavy atom. The van der Waals surface area contributed by atoms with E-state index in [0.29, 0.717) is 22.7 Å². The largest absolute Gasteiger partial charge is 0.303 e. The van der Waals surface area contributed by atoms with Crippen LogP contribution in [-0.2, 0) is 4.79 Å². The molecule has 0 aliphatic heterocycles. The average molecular weight is 166 g/mol. The summed E-state index contributed by atoms with van der Waals surface area (Å²) in [4.78, 5) is 10.9. The van der Waals surface area contributed by atoms with E-state index in [1.165, 1.54) is 12.7 Å². The lowest BCUT2D eigenvalue weighted by Crippen LogP contribution is -2.48. The Morgan fingerprint density at radius 1 is 1.33 bits per heavy atom. The van der Waals surface area contributed by atoms with Crippen molar-refractivity contribution in [2.45, 2.75) is 34.1 Å². The summed E-state index contributed by atoms with van der Waals surface area (Å²) in [5, 5.41) is 0. The quantitative estimate of drug-likeness (QED) is 0.547. The molecule has 0 saturated heterocycles. The molecule has 0 aromatic heterocycles. The normalized spacial score (nSPS) is 54.8. The Labute approximate surface area is 74.5 Å². The van der Waals surface area contributed by atoms with Gasteiger partial charge in [-0.1, -0.05) is 27.7 Å². The Bertz CT molecular complexity index is 231. The van der Waals surface area contributed by atoms with Gasteiger partial charge in [-0.3, -0.25) is 0 Å². The Hall–Kier alpha value is -0.330. The van der Waals surface area contributed by atoms with Gasteiger partial charge in [0.05, 0.1) is 0 Å². The molecule has 3 aliphatic rings. The van der Waals surface area contributed by atoms with Crippen LogP contribution in [0.4, 0.5) is 0 Å². The van der Waals surface area contributed by atoms with Gasteiger partial charge in [0, 0.05) is 5.92 Å². The van der Waals surface area contributed by atoms with Crippen LogP contribution in [-0.4, -0.2) is 6.29 Å². The number of hydrogen-bond acceptors (Lipinski definition) is 1. The zero-order valence-electron chi connectivity index (χ0n) is 8.42. The summed E-state index contributed by atoms with van der Waals surface area (Å²) in [7, 11) is 0. The van der Waals surface area contributed by atoms with Crippen molar-refractivity contribution in [2.24, 2.45) is 28.6 Å². The van der Waals surface area contributed by atoms with Crippen molar-refractivity contribution in [3.05, 3.63) is 0 Å². The molecule has 0 heterocycles. The van der Waals surface area contributed by atoms with E-state index < -0.39 is 0 Å². The number of carbonyl (C=O) groups excluding carboxylic acids is 1. The van der Waals surface area contributed by atoms with Crippen LogP contribution in [0.1, 0.15) is 34.1 Å². The second-order valence-electron chi connectivity index (χ2n) is 5.47. The standard InChI is InChI=1S/C11H18O/c1-7-8-5-11(4,9(7)6-12)10(8,2)3/h6-9H,5H2,1-4H3. The van der Waals surface area contributed by atoms with E-state index >= 15 is 0 Å². The maximum Gasteiger partial charge on any atom is 0.123 e. The van der Waals surface area contributed by atoms with Gasteiger partial charge in [-0.25, -0.2) is 0 Å². The molecule has 4 atom stereocenters. The lowest BCUT2D eigenvalue weighted by molar-refractivity contribution is -0.119. The van der Waals surface area contributed by atoms with Crippen LogP contribution < -0.4 is 0 Å². The van der Waals surface area contributed by atoms with Gasteiger partial charge in [0.25, 0.3) is 0 Å². The fourth-order valence-corrected chi connectivity index (χ4v) is 3.78. The summed E-state index contributed by atoms with van der Waals surface area (Å²) in [5.74, 6) is 1.72. The number of aldehydes is 1. The predicted molar refractivity (Wildman–Crippen MR) is 48.7 cm³/mol. The molecule has 0 aromatic rings. The van der Waals surface area contributed by atoms with Crippen LogP contribution in [0, 0.1) is 28.6 Å². The van der Waals surface area contributed by atoms with Crippen molar-refractivity contribution in [1.82, 2.24) is 0 Å². The van der Waals surface area contributed by atoms with E-state index in [1.807, 2.05) is 0 Å². The fourth-order valence-electron chi connectivity index (χ4n) is 3.78. The summed E-state index contributed by atoms with van der Waals surface area (Å²) >= 11 is 0. The number of rotatable bonds is 1. The van der Waals surface area contributed by atoms with E-state index in [9.17, 15) is 4.79 Å². The van der Waals surface area contributed by atoms with Gasteiger partial charge in [-0.05, 0) is 29.1 Å². The first-order chi connectivity index (χ1) is 5.45. The fraction of sp³-hybridized carbons (Fsp3) is 0.909. The molecule has 3 aliphatic carbocycles. The van der Waals surface area contributed by atoms with E-state index in [4.69, 9.17) is 0 Å². The van der Waals surface area contributed by atoms with Crippen LogP contribution >= 0.6 is 0 Å². The van der Waals surface area contributed by atoms with Crippen molar-refractivity contribution in [3.63, 3.8) is 0 Å². The third-order valence-electron chi connectivity index (χ3n) is 5.13. The van der Waals surface area contributed by atoms with Crippen molar-refractivity contribution >= 4 is 6.29 Å². The first-order valence-electron chi connectivity index (χ1n) is 4.90. The third kappa shape index (κ3) is 0.571. The smallest absolute Gasteiger partial charge is 0.123 e. The lowest BCUT2D eigenvalue weighted by Gasteiger charge is -2.54. The van der Waals surface area contributed by atoms with E-state index in [-0.39, 0.29) is 0 Å². The van der Waals surface area contributed by atoms with Crippen LogP contribution in [0.25, 0.3) is 0 Å². The van der Waals surface area contributed by atoms with Gasteiger partial charge < -0.3 is 4.79 Å². The van der Waals surface area contributed by atoms with Crippen molar-refractivity contribution in [1.29, 1.82) is 0 Å². The summed E-state index contributed by atoms with van der Waals surface area (Å²) in [6.07, 6.45) is 2.46. The molecular formula is C11H18O.